The van der Waals surface area contributed by atoms with Gasteiger partial charge in [-0.25, -0.2) is 4.99 Å². The third-order valence-corrected chi connectivity index (χ3v) is 4.12. The number of nitrogens with one attached hydrogen (secondary N) is 2. The fraction of sp³-hybridized carbons (Fsp3) is 0.350. The number of rotatable bonds is 8. The van der Waals surface area contributed by atoms with Gasteiger partial charge in [0.2, 0.25) is 0 Å². The molecule has 160 valence electrons. The summed E-state index contributed by atoms with van der Waals surface area (Å²) >= 11 is 0. The van der Waals surface area contributed by atoms with Gasteiger partial charge in [0.15, 0.2) is 17.4 Å². The number of pyridine rings is 1. The largest absolute Gasteiger partial charge is 0.411 e. The lowest BCUT2D eigenvalue weighted by molar-refractivity contribution is -0.176. The molecule has 0 saturated carbocycles. The maximum atomic E-state index is 12.1. The molecule has 10 heteroatoms. The average Bonchev–Trinajstić information content (AvgIpc) is 3.13. The van der Waals surface area contributed by atoms with E-state index in [0.717, 1.165) is 17.0 Å². The van der Waals surface area contributed by atoms with E-state index < -0.39 is 12.8 Å². The van der Waals surface area contributed by atoms with Crippen LogP contribution in [0.2, 0.25) is 0 Å². The van der Waals surface area contributed by atoms with E-state index in [0.29, 0.717) is 31.2 Å². The molecule has 2 aromatic heterocycles. The lowest BCUT2D eigenvalue weighted by atomic mass is 10.1. The number of ether oxygens (including phenoxy) is 1. The van der Waals surface area contributed by atoms with Crippen molar-refractivity contribution >= 4 is 11.6 Å². The summed E-state index contributed by atoms with van der Waals surface area (Å²) in [5.74, 6) is 1.39. The Bertz CT molecular complexity index is 969. The number of guanidine groups is 1. The van der Waals surface area contributed by atoms with Crippen molar-refractivity contribution in [2.75, 3.05) is 13.2 Å². The fourth-order valence-corrected chi connectivity index (χ4v) is 2.71. The molecule has 0 spiro atoms. The Kier molecular flexibility index (Phi) is 7.23. The van der Waals surface area contributed by atoms with Crippen LogP contribution in [0.5, 0.6) is 0 Å². The lowest BCUT2D eigenvalue weighted by Gasteiger charge is -2.11. The molecular formula is C20H23F3N6O. The second-order valence-corrected chi connectivity index (χ2v) is 6.52. The van der Waals surface area contributed by atoms with Crippen LogP contribution in [0.4, 0.5) is 13.2 Å². The Balaban J connectivity index is 1.55. The molecule has 1 aromatic carbocycles. The Morgan fingerprint density at radius 2 is 1.83 bits per heavy atom. The molecule has 30 heavy (non-hydrogen) atoms. The maximum Gasteiger partial charge on any atom is 0.411 e. The normalized spacial score (nSPS) is 12.3. The molecule has 2 N–H and O–H groups in total. The third kappa shape index (κ3) is 6.45. The molecule has 0 aliphatic carbocycles. The van der Waals surface area contributed by atoms with E-state index in [1.807, 2.05) is 47.9 Å². The van der Waals surface area contributed by atoms with E-state index in [4.69, 9.17) is 0 Å². The first-order valence-electron chi connectivity index (χ1n) is 9.48. The molecule has 0 atom stereocenters. The second-order valence-electron chi connectivity index (χ2n) is 6.52. The van der Waals surface area contributed by atoms with Crippen LogP contribution in [0.25, 0.3) is 5.65 Å². The zero-order valence-corrected chi connectivity index (χ0v) is 16.5. The molecule has 0 bridgehead atoms. The van der Waals surface area contributed by atoms with Gasteiger partial charge in [0.1, 0.15) is 6.61 Å². The molecule has 0 aliphatic heterocycles. The Hall–Kier alpha value is -3.14. The molecule has 7 nitrogen and oxygen atoms in total. The molecule has 0 amide bonds. The number of hydrogen-bond donors (Lipinski definition) is 2. The SMILES string of the molecule is CCNC(=NCc1ccc(COCC(F)(F)F)cc1)NCc1nnc2ccccn12. The van der Waals surface area contributed by atoms with Crippen LogP contribution in [-0.2, 0) is 24.4 Å². The molecule has 0 saturated heterocycles. The van der Waals surface area contributed by atoms with Gasteiger partial charge in [-0.2, -0.15) is 13.2 Å². The highest BCUT2D eigenvalue weighted by Crippen LogP contribution is 2.16. The van der Waals surface area contributed by atoms with Crippen LogP contribution in [0.3, 0.4) is 0 Å². The van der Waals surface area contributed by atoms with Crippen molar-refractivity contribution in [2.24, 2.45) is 4.99 Å². The smallest absolute Gasteiger partial charge is 0.367 e. The van der Waals surface area contributed by atoms with E-state index in [9.17, 15) is 13.2 Å². The number of benzene rings is 1. The van der Waals surface area contributed by atoms with Crippen LogP contribution in [0, 0.1) is 0 Å². The highest BCUT2D eigenvalue weighted by atomic mass is 19.4. The third-order valence-electron chi connectivity index (χ3n) is 4.12. The number of nitrogens with zero attached hydrogens (tertiary/aromatic N) is 4. The van der Waals surface area contributed by atoms with Crippen LogP contribution in [0.15, 0.2) is 53.7 Å². The summed E-state index contributed by atoms with van der Waals surface area (Å²) in [7, 11) is 0. The van der Waals surface area contributed by atoms with Crippen LogP contribution in [0.1, 0.15) is 23.9 Å². The van der Waals surface area contributed by atoms with E-state index in [1.165, 1.54) is 0 Å². The average molecular weight is 420 g/mol. The van der Waals surface area contributed by atoms with Crippen molar-refractivity contribution in [2.45, 2.75) is 32.8 Å². The molecule has 3 rings (SSSR count). The Morgan fingerprint density at radius 3 is 2.57 bits per heavy atom. The first-order chi connectivity index (χ1) is 14.4. The summed E-state index contributed by atoms with van der Waals surface area (Å²) in [6.07, 6.45) is -2.42. The van der Waals surface area contributed by atoms with Crippen molar-refractivity contribution in [3.05, 3.63) is 65.6 Å². The molecular weight excluding hydrogens is 397 g/mol. The van der Waals surface area contributed by atoms with Crippen LogP contribution < -0.4 is 10.6 Å². The van der Waals surface area contributed by atoms with Gasteiger partial charge in [-0.05, 0) is 30.2 Å². The number of alkyl halides is 3. The Morgan fingerprint density at radius 1 is 1.07 bits per heavy atom. The minimum absolute atomic E-state index is 0.0838. The minimum Gasteiger partial charge on any atom is -0.367 e. The highest BCUT2D eigenvalue weighted by Gasteiger charge is 2.27. The summed E-state index contributed by atoms with van der Waals surface area (Å²) in [4.78, 5) is 4.54. The quantitative estimate of drug-likeness (QED) is 0.433. The van der Waals surface area contributed by atoms with Gasteiger partial charge in [-0.3, -0.25) is 4.40 Å². The topological polar surface area (TPSA) is 75.8 Å². The zero-order chi connectivity index (χ0) is 21.4. The minimum atomic E-state index is -4.32. The summed E-state index contributed by atoms with van der Waals surface area (Å²) in [5, 5.41) is 14.7. The zero-order valence-electron chi connectivity index (χ0n) is 16.5. The van der Waals surface area contributed by atoms with Gasteiger partial charge in [0.05, 0.1) is 19.7 Å². The number of fused-ring (bicyclic) bond motifs is 1. The van der Waals surface area contributed by atoms with Gasteiger partial charge >= 0.3 is 6.18 Å². The number of aromatic nitrogens is 3. The van der Waals surface area contributed by atoms with Crippen molar-refractivity contribution in [1.29, 1.82) is 0 Å². The standard InChI is InChI=1S/C20H23F3N6O/c1-2-24-19(26-12-18-28-27-17-5-3-4-10-29(17)18)25-11-15-6-8-16(9-7-15)13-30-14-20(21,22)23/h3-10H,2,11-14H2,1H3,(H2,24,25,26). The first kappa shape index (κ1) is 21.6. The van der Waals surface area contributed by atoms with E-state index in [2.05, 4.69) is 30.6 Å². The van der Waals surface area contributed by atoms with Gasteiger partial charge in [-0.1, -0.05) is 30.3 Å². The van der Waals surface area contributed by atoms with Crippen LogP contribution in [-0.4, -0.2) is 39.9 Å². The van der Waals surface area contributed by atoms with Crippen LogP contribution >= 0.6 is 0 Å². The molecule has 0 unspecified atom stereocenters. The predicted octanol–water partition coefficient (Wildman–Crippen LogP) is 3.06. The second kappa shape index (κ2) is 10.1. The van der Waals surface area contributed by atoms with E-state index in [-0.39, 0.29) is 6.61 Å². The monoisotopic (exact) mass is 420 g/mol. The summed E-state index contributed by atoms with van der Waals surface area (Å²) in [5.41, 5.74) is 2.38. The van der Waals surface area contributed by atoms with Crippen molar-refractivity contribution in [3.8, 4) is 0 Å². The highest BCUT2D eigenvalue weighted by molar-refractivity contribution is 5.79. The molecule has 0 aliphatic rings. The van der Waals surface area contributed by atoms with Crippen molar-refractivity contribution in [1.82, 2.24) is 25.2 Å². The van der Waals surface area contributed by atoms with Gasteiger partial charge in [-0.15, -0.1) is 10.2 Å². The van der Waals surface area contributed by atoms with E-state index >= 15 is 0 Å². The number of halogens is 3. The summed E-state index contributed by atoms with van der Waals surface area (Å²) in [6.45, 7) is 2.20. The fourth-order valence-electron chi connectivity index (χ4n) is 2.71. The van der Waals surface area contributed by atoms with Gasteiger partial charge < -0.3 is 15.4 Å². The van der Waals surface area contributed by atoms with E-state index in [1.54, 1.807) is 12.1 Å². The van der Waals surface area contributed by atoms with Gasteiger partial charge in [0.25, 0.3) is 0 Å². The lowest BCUT2D eigenvalue weighted by Crippen LogP contribution is -2.37. The molecule has 0 fully saturated rings. The summed E-state index contributed by atoms with van der Waals surface area (Å²) < 4.78 is 43.0. The first-order valence-corrected chi connectivity index (χ1v) is 9.48. The molecule has 2 heterocycles. The van der Waals surface area contributed by atoms with Gasteiger partial charge in [0, 0.05) is 12.7 Å². The van der Waals surface area contributed by atoms with Crippen molar-refractivity contribution in [3.63, 3.8) is 0 Å². The number of aliphatic imine (C=N–C) groups is 1. The number of hydrogen-bond acceptors (Lipinski definition) is 4. The molecule has 3 aromatic rings. The summed E-state index contributed by atoms with van der Waals surface area (Å²) in [6, 6.07) is 12.8. The Labute approximate surface area is 172 Å². The molecule has 0 radical (unpaired) electrons. The van der Waals surface area contributed by atoms with Crippen molar-refractivity contribution < 1.29 is 17.9 Å². The predicted molar refractivity (Wildman–Crippen MR) is 107 cm³/mol. The maximum absolute atomic E-state index is 12.1.